The third kappa shape index (κ3) is 8.57. The molecule has 0 aromatic carbocycles. The van der Waals surface area contributed by atoms with E-state index in [2.05, 4.69) is 10.8 Å². The average molecular weight is 255 g/mol. The number of nitrogens with zero attached hydrogens (tertiary/aromatic N) is 1. The maximum atomic E-state index is 10.4. The standard InChI is InChI=1S/C10H19NO3S.Na/c1-4-10(11(5-2)6-3)8-7-9-15(12,13)14;/h1,10H,5-9H2,2-3H3,(H,12,13,14);/q;+1/p-1. The van der Waals surface area contributed by atoms with Gasteiger partial charge >= 0.3 is 29.6 Å². The molecule has 0 bridgehead atoms. The molecule has 0 aliphatic heterocycles. The maximum absolute atomic E-state index is 10.4. The van der Waals surface area contributed by atoms with E-state index in [0.717, 1.165) is 13.1 Å². The van der Waals surface area contributed by atoms with Crippen molar-refractivity contribution < 1.29 is 42.5 Å². The Hall–Kier alpha value is 0.430. The third-order valence-corrected chi connectivity index (χ3v) is 3.11. The van der Waals surface area contributed by atoms with Crippen molar-refractivity contribution >= 4 is 10.1 Å². The molecule has 1 atom stereocenters. The van der Waals surface area contributed by atoms with Crippen LogP contribution in [0.25, 0.3) is 0 Å². The van der Waals surface area contributed by atoms with Crippen molar-refractivity contribution in [1.82, 2.24) is 4.90 Å². The minimum absolute atomic E-state index is 0. The number of hydrogen-bond donors (Lipinski definition) is 0. The molecule has 0 amide bonds. The summed E-state index contributed by atoms with van der Waals surface area (Å²) in [4.78, 5) is 2.07. The average Bonchev–Trinajstić information content (AvgIpc) is 2.15. The fourth-order valence-corrected chi connectivity index (χ4v) is 2.01. The number of rotatable bonds is 7. The second kappa shape index (κ2) is 9.46. The first-order valence-corrected chi connectivity index (χ1v) is 6.66. The van der Waals surface area contributed by atoms with E-state index < -0.39 is 10.1 Å². The largest absolute Gasteiger partial charge is 1.00 e. The van der Waals surface area contributed by atoms with Crippen molar-refractivity contribution in [2.45, 2.75) is 32.7 Å². The summed E-state index contributed by atoms with van der Waals surface area (Å²) < 4.78 is 31.2. The van der Waals surface area contributed by atoms with Gasteiger partial charge in [-0.15, -0.1) is 6.42 Å². The first-order valence-electron chi connectivity index (χ1n) is 5.08. The van der Waals surface area contributed by atoms with Crippen LogP contribution in [-0.2, 0) is 10.1 Å². The molecule has 4 nitrogen and oxygen atoms in total. The van der Waals surface area contributed by atoms with Gasteiger partial charge < -0.3 is 4.55 Å². The molecule has 0 saturated heterocycles. The molecule has 88 valence electrons. The van der Waals surface area contributed by atoms with Gasteiger partial charge in [-0.2, -0.15) is 0 Å². The second-order valence-corrected chi connectivity index (χ2v) is 4.83. The molecule has 0 aromatic heterocycles. The second-order valence-electron chi connectivity index (χ2n) is 3.31. The van der Waals surface area contributed by atoms with E-state index in [-0.39, 0.29) is 41.4 Å². The van der Waals surface area contributed by atoms with E-state index >= 15 is 0 Å². The zero-order valence-corrected chi connectivity index (χ0v) is 13.1. The predicted octanol–water partition coefficient (Wildman–Crippen LogP) is -2.34. The van der Waals surface area contributed by atoms with Gasteiger partial charge in [-0.1, -0.05) is 19.8 Å². The van der Waals surface area contributed by atoms with E-state index in [9.17, 15) is 13.0 Å². The van der Waals surface area contributed by atoms with E-state index in [4.69, 9.17) is 6.42 Å². The van der Waals surface area contributed by atoms with E-state index in [1.165, 1.54) is 0 Å². The van der Waals surface area contributed by atoms with E-state index in [1.807, 2.05) is 13.8 Å². The summed E-state index contributed by atoms with van der Waals surface area (Å²) in [7, 11) is -4.10. The molecule has 0 aliphatic carbocycles. The van der Waals surface area contributed by atoms with Crippen molar-refractivity contribution in [1.29, 1.82) is 0 Å². The molecule has 0 fully saturated rings. The molecule has 0 spiro atoms. The molecule has 0 heterocycles. The molecular weight excluding hydrogens is 237 g/mol. The van der Waals surface area contributed by atoms with E-state index in [0.29, 0.717) is 12.8 Å². The Bertz CT molecular complexity index is 307. The summed E-state index contributed by atoms with van der Waals surface area (Å²) in [6.45, 7) is 5.65. The Morgan fingerprint density at radius 1 is 1.38 bits per heavy atom. The fraction of sp³-hybridized carbons (Fsp3) is 0.800. The van der Waals surface area contributed by atoms with Crippen LogP contribution in [0, 0.1) is 12.3 Å². The molecular formula is C10H18NNaO3S. The topological polar surface area (TPSA) is 60.4 Å². The van der Waals surface area contributed by atoms with Gasteiger partial charge in [-0.25, -0.2) is 8.42 Å². The number of terminal acetylenes is 1. The van der Waals surface area contributed by atoms with Gasteiger partial charge in [0.05, 0.1) is 16.2 Å². The fourth-order valence-electron chi connectivity index (χ4n) is 1.49. The van der Waals surface area contributed by atoms with Crippen molar-refractivity contribution in [3.8, 4) is 12.3 Å². The minimum Gasteiger partial charge on any atom is -0.748 e. The molecule has 16 heavy (non-hydrogen) atoms. The quantitative estimate of drug-likeness (QED) is 0.291. The van der Waals surface area contributed by atoms with Gasteiger partial charge in [0.15, 0.2) is 0 Å². The number of hydrogen-bond acceptors (Lipinski definition) is 4. The normalized spacial score (nSPS) is 12.9. The van der Waals surface area contributed by atoms with Gasteiger partial charge in [0.1, 0.15) is 0 Å². The van der Waals surface area contributed by atoms with Crippen LogP contribution in [0.15, 0.2) is 0 Å². The van der Waals surface area contributed by atoms with Crippen LogP contribution in [0.2, 0.25) is 0 Å². The summed E-state index contributed by atoms with van der Waals surface area (Å²) in [6.07, 6.45) is 6.24. The smallest absolute Gasteiger partial charge is 0.748 e. The minimum atomic E-state index is -4.10. The first kappa shape index (κ1) is 18.8. The SMILES string of the molecule is C#CC(CCCS(=O)(=O)[O-])N(CC)CC.[Na+]. The van der Waals surface area contributed by atoms with Crippen LogP contribution in [0.3, 0.4) is 0 Å². The van der Waals surface area contributed by atoms with Crippen LogP contribution >= 0.6 is 0 Å². The maximum Gasteiger partial charge on any atom is 1.00 e. The van der Waals surface area contributed by atoms with Crippen molar-refractivity contribution in [2.75, 3.05) is 18.8 Å². The summed E-state index contributed by atoms with van der Waals surface area (Å²) in [6, 6.07) is -0.0678. The van der Waals surface area contributed by atoms with Crippen molar-refractivity contribution in [2.24, 2.45) is 0 Å². The first-order chi connectivity index (χ1) is 6.94. The van der Waals surface area contributed by atoms with Gasteiger partial charge in [0.2, 0.25) is 0 Å². The van der Waals surface area contributed by atoms with Gasteiger partial charge in [-0.3, -0.25) is 4.90 Å². The van der Waals surface area contributed by atoms with Gasteiger partial charge in [-0.05, 0) is 25.9 Å². The summed E-state index contributed by atoms with van der Waals surface area (Å²) in [5.41, 5.74) is 0. The van der Waals surface area contributed by atoms with Crippen LogP contribution in [0.5, 0.6) is 0 Å². The Labute approximate surface area is 121 Å². The Morgan fingerprint density at radius 2 is 1.88 bits per heavy atom. The van der Waals surface area contributed by atoms with Crippen molar-refractivity contribution in [3.63, 3.8) is 0 Å². The zero-order valence-electron chi connectivity index (χ0n) is 10.3. The molecule has 0 aromatic rings. The zero-order chi connectivity index (χ0) is 11.9. The van der Waals surface area contributed by atoms with Crippen LogP contribution in [-0.4, -0.2) is 42.8 Å². The molecule has 1 unspecified atom stereocenters. The van der Waals surface area contributed by atoms with Crippen LogP contribution < -0.4 is 29.6 Å². The molecule has 0 rings (SSSR count). The monoisotopic (exact) mass is 255 g/mol. The molecule has 0 aliphatic rings. The Balaban J connectivity index is 0. The van der Waals surface area contributed by atoms with Crippen molar-refractivity contribution in [3.05, 3.63) is 0 Å². The van der Waals surface area contributed by atoms with Crippen LogP contribution in [0.1, 0.15) is 26.7 Å². The summed E-state index contributed by atoms with van der Waals surface area (Å²) in [5.74, 6) is 2.29. The third-order valence-electron chi connectivity index (χ3n) is 2.32. The molecule has 6 heteroatoms. The van der Waals surface area contributed by atoms with Gasteiger partial charge in [0.25, 0.3) is 0 Å². The predicted molar refractivity (Wildman–Crippen MR) is 59.3 cm³/mol. The van der Waals surface area contributed by atoms with Gasteiger partial charge in [0, 0.05) is 5.75 Å². The molecule has 0 radical (unpaired) electrons. The summed E-state index contributed by atoms with van der Waals surface area (Å²) >= 11 is 0. The van der Waals surface area contributed by atoms with E-state index in [1.54, 1.807) is 0 Å². The molecule has 0 saturated carbocycles. The Kier molecular flexibility index (Phi) is 11.1. The Morgan fingerprint density at radius 3 is 2.19 bits per heavy atom. The summed E-state index contributed by atoms with van der Waals surface area (Å²) in [5, 5.41) is 0. The molecule has 0 N–H and O–H groups in total. The van der Waals surface area contributed by atoms with Crippen LogP contribution in [0.4, 0.5) is 0 Å².